The average molecular weight is 521 g/mol. The fourth-order valence-corrected chi connectivity index (χ4v) is 6.93. The molecule has 0 spiro atoms. The summed E-state index contributed by atoms with van der Waals surface area (Å²) in [5.74, 6) is 0. The van der Waals surface area contributed by atoms with Gasteiger partial charge in [-0.2, -0.15) is 0 Å². The van der Waals surface area contributed by atoms with Crippen LogP contribution in [0.25, 0.3) is 71.0 Å². The van der Waals surface area contributed by atoms with Crippen molar-refractivity contribution in [1.82, 2.24) is 9.38 Å². The van der Waals surface area contributed by atoms with E-state index in [1.54, 1.807) is 0 Å². The molecule has 0 amide bonds. The Kier molecular flexibility index (Phi) is 4.63. The van der Waals surface area contributed by atoms with Crippen LogP contribution in [0.1, 0.15) is 0 Å². The van der Waals surface area contributed by atoms with Crippen molar-refractivity contribution in [2.24, 2.45) is 0 Å². The third-order valence-electron chi connectivity index (χ3n) is 8.02. The predicted octanol–water partition coefficient (Wildman–Crippen LogP) is 9.02. The lowest BCUT2D eigenvalue weighted by Crippen LogP contribution is -2.01. The lowest BCUT2D eigenvalue weighted by atomic mass is 9.96. The van der Waals surface area contributed by atoms with Gasteiger partial charge in [0.15, 0.2) is 0 Å². The lowest BCUT2D eigenvalue weighted by molar-refractivity contribution is 0.588. The zero-order valence-electron chi connectivity index (χ0n) is 21.7. The first-order chi connectivity index (χ1) is 19.0. The van der Waals surface area contributed by atoms with Gasteiger partial charge >= 0.3 is 0 Å². The van der Waals surface area contributed by atoms with Crippen LogP contribution in [0.3, 0.4) is 0 Å². The fourth-order valence-electron chi connectivity index (χ4n) is 6.05. The van der Waals surface area contributed by atoms with E-state index in [0.29, 0.717) is 0 Å². The van der Waals surface area contributed by atoms with Crippen LogP contribution in [0.15, 0.2) is 115 Å². The number of para-hydroxylation sites is 2. The molecule has 39 heavy (non-hydrogen) atoms. The van der Waals surface area contributed by atoms with Crippen molar-refractivity contribution < 1.29 is 4.57 Å². The number of hydrogen-bond acceptors (Lipinski definition) is 2. The molecule has 0 aliphatic carbocycles. The van der Waals surface area contributed by atoms with Gasteiger partial charge < -0.3 is 4.57 Å². The summed E-state index contributed by atoms with van der Waals surface area (Å²) in [6.07, 6.45) is 0. The van der Waals surface area contributed by atoms with Crippen LogP contribution in [0.4, 0.5) is 0 Å². The molecule has 8 rings (SSSR count). The standard InChI is InChI=1S/C35H25N2OP/c1-39(2,38)27-16-13-22-11-12-24(19-26(22)20-27)25-15-17-29-30-18-14-23-7-3-4-8-28(23)34(30)35-36-31-9-5-6-10-32(31)37(35)33(29)21-25/h3-21H,1-2H3. The van der Waals surface area contributed by atoms with E-state index < -0.39 is 7.14 Å². The fraction of sp³-hybridized carbons (Fsp3) is 0.0571. The molecule has 0 unspecified atom stereocenters. The van der Waals surface area contributed by atoms with Gasteiger partial charge in [-0.15, -0.1) is 0 Å². The Morgan fingerprint density at radius 2 is 1.31 bits per heavy atom. The van der Waals surface area contributed by atoms with E-state index in [1.165, 1.54) is 26.9 Å². The number of aromatic nitrogens is 2. The van der Waals surface area contributed by atoms with Gasteiger partial charge in [0.05, 0.1) is 16.6 Å². The Morgan fingerprint density at radius 1 is 0.590 bits per heavy atom. The number of hydrogen-bond donors (Lipinski definition) is 0. The highest BCUT2D eigenvalue weighted by Crippen LogP contribution is 2.39. The molecule has 0 bridgehead atoms. The molecule has 0 aliphatic rings. The highest BCUT2D eigenvalue weighted by molar-refractivity contribution is 7.70. The molecule has 6 aromatic carbocycles. The topological polar surface area (TPSA) is 34.4 Å². The van der Waals surface area contributed by atoms with Gasteiger partial charge in [-0.25, -0.2) is 4.98 Å². The molecule has 0 aliphatic heterocycles. The number of rotatable bonds is 2. The van der Waals surface area contributed by atoms with Crippen LogP contribution >= 0.6 is 7.14 Å². The minimum atomic E-state index is -2.34. The van der Waals surface area contributed by atoms with Gasteiger partial charge in [-0.1, -0.05) is 84.9 Å². The quantitative estimate of drug-likeness (QED) is 0.168. The second kappa shape index (κ2) is 8.02. The van der Waals surface area contributed by atoms with Crippen LogP contribution in [0.2, 0.25) is 0 Å². The van der Waals surface area contributed by atoms with Crippen LogP contribution in [-0.4, -0.2) is 22.7 Å². The molecule has 0 saturated heterocycles. The Hall–Kier alpha value is -4.46. The number of fused-ring (bicyclic) bond motifs is 11. The molecule has 0 fully saturated rings. The Labute approximate surface area is 225 Å². The Bertz CT molecular complexity index is 2340. The summed E-state index contributed by atoms with van der Waals surface area (Å²) in [7, 11) is -2.34. The zero-order chi connectivity index (χ0) is 26.3. The third kappa shape index (κ3) is 3.37. The maximum absolute atomic E-state index is 12.7. The first kappa shape index (κ1) is 22.5. The van der Waals surface area contributed by atoms with Crippen molar-refractivity contribution in [2.45, 2.75) is 0 Å². The first-order valence-electron chi connectivity index (χ1n) is 13.2. The Balaban J connectivity index is 1.47. The minimum Gasteiger partial charge on any atom is -0.319 e. The molecule has 2 heterocycles. The van der Waals surface area contributed by atoms with Crippen molar-refractivity contribution in [3.63, 3.8) is 0 Å². The molecule has 3 nitrogen and oxygen atoms in total. The molecule has 0 atom stereocenters. The van der Waals surface area contributed by atoms with E-state index in [0.717, 1.165) is 49.4 Å². The number of imidazole rings is 1. The van der Waals surface area contributed by atoms with Crippen LogP contribution in [0, 0.1) is 0 Å². The van der Waals surface area contributed by atoms with Crippen molar-refractivity contribution in [1.29, 1.82) is 0 Å². The van der Waals surface area contributed by atoms with Gasteiger partial charge in [-0.3, -0.25) is 4.40 Å². The highest BCUT2D eigenvalue weighted by atomic mass is 31.2. The normalized spacial score (nSPS) is 12.5. The van der Waals surface area contributed by atoms with Gasteiger partial charge in [0.1, 0.15) is 12.8 Å². The second-order valence-corrected chi connectivity index (χ2v) is 14.0. The van der Waals surface area contributed by atoms with E-state index in [1.807, 2.05) is 19.4 Å². The first-order valence-corrected chi connectivity index (χ1v) is 15.8. The van der Waals surface area contributed by atoms with Gasteiger partial charge in [0.2, 0.25) is 0 Å². The SMILES string of the molecule is CP(C)(=O)c1ccc2ccc(-c3ccc4c5ccc6ccccc6c5c5nc6ccccc6n5c4c3)cc2c1. The van der Waals surface area contributed by atoms with Crippen molar-refractivity contribution in [2.75, 3.05) is 13.3 Å². The van der Waals surface area contributed by atoms with Crippen LogP contribution in [-0.2, 0) is 4.57 Å². The molecule has 4 heteroatoms. The van der Waals surface area contributed by atoms with E-state index in [-0.39, 0.29) is 0 Å². The number of pyridine rings is 1. The summed E-state index contributed by atoms with van der Waals surface area (Å²) in [5.41, 5.74) is 6.50. The van der Waals surface area contributed by atoms with E-state index in [4.69, 9.17) is 4.98 Å². The molecular weight excluding hydrogens is 495 g/mol. The maximum Gasteiger partial charge on any atom is 0.147 e. The summed E-state index contributed by atoms with van der Waals surface area (Å²) < 4.78 is 15.1. The monoisotopic (exact) mass is 520 g/mol. The molecule has 8 aromatic rings. The highest BCUT2D eigenvalue weighted by Gasteiger charge is 2.17. The largest absolute Gasteiger partial charge is 0.319 e. The molecule has 0 saturated carbocycles. The van der Waals surface area contributed by atoms with Crippen LogP contribution in [0.5, 0.6) is 0 Å². The molecule has 2 aromatic heterocycles. The molecular formula is C35H25N2OP. The van der Waals surface area contributed by atoms with E-state index in [2.05, 4.69) is 114 Å². The summed E-state index contributed by atoms with van der Waals surface area (Å²) in [6.45, 7) is 3.66. The molecule has 186 valence electrons. The van der Waals surface area contributed by atoms with E-state index >= 15 is 0 Å². The van der Waals surface area contributed by atoms with Crippen LogP contribution < -0.4 is 5.30 Å². The Morgan fingerprint density at radius 3 is 2.21 bits per heavy atom. The van der Waals surface area contributed by atoms with E-state index in [9.17, 15) is 4.57 Å². The average Bonchev–Trinajstić information content (AvgIpc) is 3.35. The molecule has 0 N–H and O–H groups in total. The maximum atomic E-state index is 12.7. The summed E-state index contributed by atoms with van der Waals surface area (Å²) in [4.78, 5) is 5.16. The van der Waals surface area contributed by atoms with Crippen molar-refractivity contribution in [3.8, 4) is 11.1 Å². The van der Waals surface area contributed by atoms with Crippen molar-refractivity contribution in [3.05, 3.63) is 115 Å². The third-order valence-corrected chi connectivity index (χ3v) is 9.54. The van der Waals surface area contributed by atoms with Gasteiger partial charge in [0.25, 0.3) is 0 Å². The lowest BCUT2D eigenvalue weighted by Gasteiger charge is -2.13. The predicted molar refractivity (Wildman–Crippen MR) is 167 cm³/mol. The zero-order valence-corrected chi connectivity index (χ0v) is 22.6. The summed E-state index contributed by atoms with van der Waals surface area (Å²) in [6, 6.07) is 40.9. The minimum absolute atomic E-state index is 0.913. The van der Waals surface area contributed by atoms with Gasteiger partial charge in [-0.05, 0) is 81.7 Å². The smallest absolute Gasteiger partial charge is 0.147 e. The molecule has 0 radical (unpaired) electrons. The summed E-state index contributed by atoms with van der Waals surface area (Å²) >= 11 is 0. The second-order valence-electron chi connectivity index (χ2n) is 10.8. The van der Waals surface area contributed by atoms with Gasteiger partial charge in [0, 0.05) is 16.1 Å². The van der Waals surface area contributed by atoms with Crippen molar-refractivity contribution >= 4 is 72.3 Å². The number of benzene rings is 6. The number of nitrogens with zero attached hydrogens (tertiary/aromatic N) is 2. The summed E-state index contributed by atoms with van der Waals surface area (Å²) in [5, 5.41) is 9.21.